The van der Waals surface area contributed by atoms with Gasteiger partial charge in [-0.05, 0) is 23.6 Å². The van der Waals surface area contributed by atoms with Crippen LogP contribution in [0, 0.1) is 0 Å². The highest BCUT2D eigenvalue weighted by atomic mass is 32.1. The Morgan fingerprint density at radius 1 is 1.27 bits per heavy atom. The molecule has 0 radical (unpaired) electrons. The summed E-state index contributed by atoms with van der Waals surface area (Å²) < 4.78 is 6.54. The fraction of sp³-hybridized carbons (Fsp3) is 0.0833. The van der Waals surface area contributed by atoms with Gasteiger partial charge in [0.25, 0.3) is 0 Å². The number of aromatic nitrogens is 1. The van der Waals surface area contributed by atoms with Gasteiger partial charge < -0.3 is 4.74 Å². The average molecular weight is 215 g/mol. The Kier molecular flexibility index (Phi) is 1.86. The Hall–Kier alpha value is -1.61. The van der Waals surface area contributed by atoms with Gasteiger partial charge in [-0.2, -0.15) is 0 Å². The molecule has 0 spiro atoms. The summed E-state index contributed by atoms with van der Waals surface area (Å²) in [4.78, 5) is 4.30. The van der Waals surface area contributed by atoms with Crippen LogP contribution in [0.2, 0.25) is 0 Å². The van der Waals surface area contributed by atoms with Crippen LogP contribution in [0.5, 0.6) is 5.75 Å². The molecular weight excluding hydrogens is 206 g/mol. The molecule has 1 aromatic heterocycles. The zero-order valence-electron chi connectivity index (χ0n) is 8.23. The highest BCUT2D eigenvalue weighted by molar-refractivity contribution is 7.16. The highest BCUT2D eigenvalue weighted by Crippen LogP contribution is 2.30. The van der Waals surface area contributed by atoms with E-state index in [0.29, 0.717) is 0 Å². The van der Waals surface area contributed by atoms with E-state index in [9.17, 15) is 0 Å². The number of hydrogen-bond acceptors (Lipinski definition) is 3. The van der Waals surface area contributed by atoms with E-state index in [2.05, 4.69) is 23.2 Å². The van der Waals surface area contributed by atoms with Gasteiger partial charge in [0, 0.05) is 5.39 Å². The lowest BCUT2D eigenvalue weighted by Gasteiger charge is -2.04. The van der Waals surface area contributed by atoms with Gasteiger partial charge in [-0.15, -0.1) is 11.3 Å². The minimum atomic E-state index is 0.919. The van der Waals surface area contributed by atoms with E-state index in [1.807, 2.05) is 17.6 Å². The van der Waals surface area contributed by atoms with Crippen molar-refractivity contribution in [3.05, 3.63) is 35.8 Å². The maximum absolute atomic E-state index is 5.34. The van der Waals surface area contributed by atoms with Crippen molar-refractivity contribution in [3.8, 4) is 5.75 Å². The predicted octanol–water partition coefficient (Wildman–Crippen LogP) is 3.46. The summed E-state index contributed by atoms with van der Waals surface area (Å²) in [5, 5.41) is 2.32. The Labute approximate surface area is 91.1 Å². The second-order valence-electron chi connectivity index (χ2n) is 3.35. The molecule has 0 aliphatic rings. The number of hydrogen-bond donors (Lipinski definition) is 0. The first-order valence-electron chi connectivity index (χ1n) is 4.68. The molecule has 3 heteroatoms. The van der Waals surface area contributed by atoms with E-state index in [-0.39, 0.29) is 0 Å². The lowest BCUT2D eigenvalue weighted by atomic mass is 10.1. The first kappa shape index (κ1) is 8.68. The summed E-state index contributed by atoms with van der Waals surface area (Å²) in [5.74, 6) is 0.919. The molecule has 15 heavy (non-hydrogen) atoms. The maximum atomic E-state index is 5.34. The van der Waals surface area contributed by atoms with E-state index in [1.165, 1.54) is 10.1 Å². The SMILES string of the molecule is COc1cccc2cc3ncsc3cc12. The van der Waals surface area contributed by atoms with Crippen molar-refractivity contribution in [1.82, 2.24) is 4.98 Å². The van der Waals surface area contributed by atoms with Gasteiger partial charge in [-0.25, -0.2) is 4.98 Å². The minimum absolute atomic E-state index is 0.919. The zero-order valence-corrected chi connectivity index (χ0v) is 9.04. The van der Waals surface area contributed by atoms with Gasteiger partial charge in [0.2, 0.25) is 0 Å². The van der Waals surface area contributed by atoms with Crippen LogP contribution in [0.3, 0.4) is 0 Å². The van der Waals surface area contributed by atoms with Crippen molar-refractivity contribution in [2.75, 3.05) is 7.11 Å². The van der Waals surface area contributed by atoms with E-state index >= 15 is 0 Å². The van der Waals surface area contributed by atoms with Crippen molar-refractivity contribution in [1.29, 1.82) is 0 Å². The van der Waals surface area contributed by atoms with E-state index < -0.39 is 0 Å². The number of thiazole rings is 1. The lowest BCUT2D eigenvalue weighted by Crippen LogP contribution is -1.84. The van der Waals surface area contributed by atoms with Crippen molar-refractivity contribution < 1.29 is 4.74 Å². The molecule has 0 saturated heterocycles. The number of benzene rings is 2. The fourth-order valence-electron chi connectivity index (χ4n) is 1.78. The third-order valence-corrected chi connectivity index (χ3v) is 3.30. The van der Waals surface area contributed by atoms with Crippen molar-refractivity contribution in [2.24, 2.45) is 0 Å². The Bertz CT molecular complexity index is 630. The minimum Gasteiger partial charge on any atom is -0.496 e. The first-order valence-corrected chi connectivity index (χ1v) is 5.56. The molecule has 0 saturated carbocycles. The Morgan fingerprint density at radius 3 is 3.07 bits per heavy atom. The summed E-state index contributed by atoms with van der Waals surface area (Å²) in [6, 6.07) is 10.3. The molecule has 3 aromatic rings. The summed E-state index contributed by atoms with van der Waals surface area (Å²) in [6.45, 7) is 0. The summed E-state index contributed by atoms with van der Waals surface area (Å²) in [5.41, 5.74) is 2.93. The van der Waals surface area contributed by atoms with Crippen molar-refractivity contribution >= 4 is 32.3 Å². The number of rotatable bonds is 1. The largest absolute Gasteiger partial charge is 0.496 e. The average Bonchev–Trinajstić information content (AvgIpc) is 2.72. The quantitative estimate of drug-likeness (QED) is 0.620. The standard InChI is InChI=1S/C12H9NOS/c1-14-11-4-2-3-8-5-10-12(6-9(8)11)15-7-13-10/h2-7H,1H3. The van der Waals surface area contributed by atoms with Gasteiger partial charge in [-0.3, -0.25) is 0 Å². The monoisotopic (exact) mass is 215 g/mol. The Balaban J connectivity index is 2.48. The van der Waals surface area contributed by atoms with E-state index in [4.69, 9.17) is 4.74 Å². The van der Waals surface area contributed by atoms with Crippen LogP contribution in [0.25, 0.3) is 21.0 Å². The van der Waals surface area contributed by atoms with Crippen LogP contribution in [0.15, 0.2) is 35.8 Å². The second-order valence-corrected chi connectivity index (χ2v) is 4.24. The topological polar surface area (TPSA) is 22.1 Å². The van der Waals surface area contributed by atoms with Gasteiger partial charge in [0.1, 0.15) is 5.75 Å². The third kappa shape index (κ3) is 1.27. The number of nitrogens with zero attached hydrogens (tertiary/aromatic N) is 1. The van der Waals surface area contributed by atoms with E-state index in [1.54, 1.807) is 18.4 Å². The molecule has 2 nitrogen and oxygen atoms in total. The van der Waals surface area contributed by atoms with Crippen molar-refractivity contribution in [2.45, 2.75) is 0 Å². The first-order chi connectivity index (χ1) is 7.38. The molecule has 0 bridgehead atoms. The molecule has 0 aliphatic heterocycles. The molecule has 74 valence electrons. The van der Waals surface area contributed by atoms with Gasteiger partial charge in [-0.1, -0.05) is 12.1 Å². The molecule has 1 heterocycles. The normalized spacial score (nSPS) is 11.0. The summed E-state index contributed by atoms with van der Waals surface area (Å²) >= 11 is 1.65. The molecular formula is C12H9NOS. The number of ether oxygens (including phenoxy) is 1. The number of methoxy groups -OCH3 is 1. The Morgan fingerprint density at radius 2 is 2.20 bits per heavy atom. The maximum Gasteiger partial charge on any atom is 0.126 e. The molecule has 3 rings (SSSR count). The van der Waals surface area contributed by atoms with Crippen LogP contribution in [-0.4, -0.2) is 12.1 Å². The molecule has 0 aliphatic carbocycles. The van der Waals surface area contributed by atoms with Gasteiger partial charge >= 0.3 is 0 Å². The molecule has 2 aromatic carbocycles. The highest BCUT2D eigenvalue weighted by Gasteiger charge is 2.04. The predicted molar refractivity (Wildman–Crippen MR) is 63.7 cm³/mol. The van der Waals surface area contributed by atoms with E-state index in [0.717, 1.165) is 16.7 Å². The van der Waals surface area contributed by atoms with Gasteiger partial charge in [0.05, 0.1) is 22.8 Å². The van der Waals surface area contributed by atoms with Crippen LogP contribution < -0.4 is 4.74 Å². The molecule has 0 atom stereocenters. The van der Waals surface area contributed by atoms with Crippen LogP contribution >= 0.6 is 11.3 Å². The summed E-state index contributed by atoms with van der Waals surface area (Å²) in [7, 11) is 1.70. The molecule has 0 fully saturated rings. The number of fused-ring (bicyclic) bond motifs is 2. The van der Waals surface area contributed by atoms with Crippen LogP contribution in [0.4, 0.5) is 0 Å². The lowest BCUT2D eigenvalue weighted by molar-refractivity contribution is 0.420. The third-order valence-electron chi connectivity index (χ3n) is 2.51. The van der Waals surface area contributed by atoms with Crippen molar-refractivity contribution in [3.63, 3.8) is 0 Å². The fourth-order valence-corrected chi connectivity index (χ4v) is 2.48. The summed E-state index contributed by atoms with van der Waals surface area (Å²) in [6.07, 6.45) is 0. The second kappa shape index (κ2) is 3.21. The molecule has 0 unspecified atom stereocenters. The zero-order chi connectivity index (χ0) is 10.3. The van der Waals surface area contributed by atoms with Gasteiger partial charge in [0.15, 0.2) is 0 Å². The molecule has 0 amide bonds. The van der Waals surface area contributed by atoms with Crippen LogP contribution in [-0.2, 0) is 0 Å². The molecule has 0 N–H and O–H groups in total. The van der Waals surface area contributed by atoms with Crippen LogP contribution in [0.1, 0.15) is 0 Å². The smallest absolute Gasteiger partial charge is 0.126 e.